The number of nitrogens with one attached hydrogen (secondary N) is 1. The summed E-state index contributed by atoms with van der Waals surface area (Å²) in [6.45, 7) is 3.42. The second kappa shape index (κ2) is 12.4. The standard InChI is InChI=1S/C22H29N3O3.ClH/c1-27-14-15-28-21-9-4-6-18(16-21)22(26)25(17-19-7-2-3-12-24-19)20-8-5-11-23-13-10-20;/h2-4,6-7,9,12,16,20,23H,5,8,10-11,13-15,17H2,1H3;1H. The van der Waals surface area contributed by atoms with Crippen LogP contribution < -0.4 is 10.1 Å². The van der Waals surface area contributed by atoms with Crippen molar-refractivity contribution >= 4 is 18.3 Å². The number of hydrogen-bond donors (Lipinski definition) is 1. The highest BCUT2D eigenvalue weighted by molar-refractivity contribution is 5.94. The van der Waals surface area contributed by atoms with E-state index < -0.39 is 0 Å². The summed E-state index contributed by atoms with van der Waals surface area (Å²) in [5.74, 6) is 0.706. The molecule has 0 aliphatic carbocycles. The Hall–Kier alpha value is -2.15. The molecule has 1 saturated heterocycles. The zero-order chi connectivity index (χ0) is 19.6. The predicted molar refractivity (Wildman–Crippen MR) is 116 cm³/mol. The maximum atomic E-state index is 13.4. The van der Waals surface area contributed by atoms with Crippen LogP contribution in [-0.4, -0.2) is 55.2 Å². The number of methoxy groups -OCH3 is 1. The van der Waals surface area contributed by atoms with Gasteiger partial charge in [-0.25, -0.2) is 0 Å². The third-order valence-electron chi connectivity index (χ3n) is 4.94. The van der Waals surface area contributed by atoms with Gasteiger partial charge >= 0.3 is 0 Å². The number of amides is 1. The lowest BCUT2D eigenvalue weighted by molar-refractivity contribution is 0.0641. The molecule has 1 fully saturated rings. The normalized spacial score (nSPS) is 16.4. The molecule has 158 valence electrons. The fraction of sp³-hybridized carbons (Fsp3) is 0.455. The molecule has 29 heavy (non-hydrogen) atoms. The first kappa shape index (κ1) is 23.1. The van der Waals surface area contributed by atoms with E-state index in [9.17, 15) is 4.79 Å². The molecule has 1 aromatic heterocycles. The van der Waals surface area contributed by atoms with Crippen molar-refractivity contribution in [3.05, 3.63) is 59.9 Å². The average molecular weight is 420 g/mol. The summed E-state index contributed by atoms with van der Waals surface area (Å²) in [6, 6.07) is 13.4. The van der Waals surface area contributed by atoms with Crippen molar-refractivity contribution in [2.75, 3.05) is 33.4 Å². The van der Waals surface area contributed by atoms with E-state index in [-0.39, 0.29) is 24.4 Å². The van der Waals surface area contributed by atoms with Gasteiger partial charge in [0.2, 0.25) is 0 Å². The van der Waals surface area contributed by atoms with Gasteiger partial charge in [-0.3, -0.25) is 9.78 Å². The van der Waals surface area contributed by atoms with Gasteiger partial charge in [0.05, 0.1) is 18.8 Å². The Morgan fingerprint density at radius 1 is 1.17 bits per heavy atom. The number of carbonyl (C=O) groups excluding carboxylic acids is 1. The molecule has 0 spiro atoms. The van der Waals surface area contributed by atoms with Gasteiger partial charge in [0, 0.05) is 24.9 Å². The summed E-state index contributed by atoms with van der Waals surface area (Å²) in [7, 11) is 1.64. The van der Waals surface area contributed by atoms with Crippen molar-refractivity contribution < 1.29 is 14.3 Å². The minimum atomic E-state index is 0. The topological polar surface area (TPSA) is 63.7 Å². The summed E-state index contributed by atoms with van der Waals surface area (Å²) < 4.78 is 10.7. The van der Waals surface area contributed by atoms with Crippen LogP contribution in [0.2, 0.25) is 0 Å². The summed E-state index contributed by atoms with van der Waals surface area (Å²) in [6.07, 6.45) is 4.78. The summed E-state index contributed by atoms with van der Waals surface area (Å²) in [4.78, 5) is 19.8. The van der Waals surface area contributed by atoms with Crippen LogP contribution in [0.5, 0.6) is 5.75 Å². The third kappa shape index (κ3) is 6.99. The predicted octanol–water partition coefficient (Wildman–Crippen LogP) is 3.31. The average Bonchev–Trinajstić information content (AvgIpc) is 3.02. The Balaban J connectivity index is 0.00000300. The number of hydrogen-bond acceptors (Lipinski definition) is 5. The monoisotopic (exact) mass is 419 g/mol. The number of carbonyl (C=O) groups is 1. The number of aromatic nitrogens is 1. The number of halogens is 1. The van der Waals surface area contributed by atoms with Crippen LogP contribution in [0.1, 0.15) is 35.3 Å². The van der Waals surface area contributed by atoms with E-state index in [1.807, 2.05) is 47.4 Å². The number of pyridine rings is 1. The van der Waals surface area contributed by atoms with Crippen LogP contribution >= 0.6 is 12.4 Å². The van der Waals surface area contributed by atoms with E-state index >= 15 is 0 Å². The summed E-state index contributed by atoms with van der Waals surface area (Å²) >= 11 is 0. The van der Waals surface area contributed by atoms with Gasteiger partial charge in [-0.2, -0.15) is 0 Å². The van der Waals surface area contributed by atoms with E-state index in [1.54, 1.807) is 13.3 Å². The number of rotatable bonds is 8. The van der Waals surface area contributed by atoms with Crippen molar-refractivity contribution in [2.45, 2.75) is 31.8 Å². The van der Waals surface area contributed by atoms with E-state index in [2.05, 4.69) is 10.3 Å². The molecule has 1 amide bonds. The Bertz CT molecular complexity index is 737. The summed E-state index contributed by atoms with van der Waals surface area (Å²) in [5, 5.41) is 3.43. The first-order valence-corrected chi connectivity index (χ1v) is 9.91. The highest BCUT2D eigenvalue weighted by Gasteiger charge is 2.26. The van der Waals surface area contributed by atoms with Crippen LogP contribution in [0, 0.1) is 0 Å². The fourth-order valence-electron chi connectivity index (χ4n) is 3.47. The first-order chi connectivity index (χ1) is 13.8. The van der Waals surface area contributed by atoms with Crippen molar-refractivity contribution in [1.29, 1.82) is 0 Å². The fourth-order valence-corrected chi connectivity index (χ4v) is 3.47. The first-order valence-electron chi connectivity index (χ1n) is 9.91. The molecule has 2 heterocycles. The van der Waals surface area contributed by atoms with Crippen molar-refractivity contribution in [1.82, 2.24) is 15.2 Å². The van der Waals surface area contributed by atoms with Crippen LogP contribution in [0.15, 0.2) is 48.7 Å². The number of nitrogens with zero attached hydrogens (tertiary/aromatic N) is 2. The van der Waals surface area contributed by atoms with Crippen LogP contribution in [0.3, 0.4) is 0 Å². The maximum absolute atomic E-state index is 13.4. The molecule has 2 aromatic rings. The highest BCUT2D eigenvalue weighted by atomic mass is 35.5. The van der Waals surface area contributed by atoms with Crippen molar-refractivity contribution in [3.8, 4) is 5.75 Å². The molecule has 1 N–H and O–H groups in total. The minimum absolute atomic E-state index is 0. The molecule has 0 bridgehead atoms. The molecular formula is C22H30ClN3O3. The molecule has 1 atom stereocenters. The van der Waals surface area contributed by atoms with E-state index in [0.29, 0.717) is 31.1 Å². The SMILES string of the molecule is COCCOc1cccc(C(=O)N(Cc2ccccn2)C2CCCNCC2)c1.Cl. The highest BCUT2D eigenvalue weighted by Crippen LogP contribution is 2.21. The number of ether oxygens (including phenoxy) is 2. The minimum Gasteiger partial charge on any atom is -0.491 e. The van der Waals surface area contributed by atoms with Gasteiger partial charge in [-0.1, -0.05) is 12.1 Å². The molecule has 0 radical (unpaired) electrons. The van der Waals surface area contributed by atoms with Gasteiger partial charge in [0.15, 0.2) is 0 Å². The molecule has 1 unspecified atom stereocenters. The third-order valence-corrected chi connectivity index (χ3v) is 4.94. The van der Waals surface area contributed by atoms with Crippen molar-refractivity contribution in [2.24, 2.45) is 0 Å². The van der Waals surface area contributed by atoms with Crippen molar-refractivity contribution in [3.63, 3.8) is 0 Å². The lowest BCUT2D eigenvalue weighted by Crippen LogP contribution is -2.40. The largest absolute Gasteiger partial charge is 0.491 e. The summed E-state index contributed by atoms with van der Waals surface area (Å²) in [5.41, 5.74) is 1.55. The molecule has 3 rings (SSSR count). The van der Waals surface area contributed by atoms with Gasteiger partial charge in [-0.05, 0) is 62.7 Å². The van der Waals surface area contributed by atoms with E-state index in [4.69, 9.17) is 9.47 Å². The molecule has 1 aromatic carbocycles. The second-order valence-corrected chi connectivity index (χ2v) is 6.96. The lowest BCUT2D eigenvalue weighted by atomic mass is 10.0. The Kier molecular flexibility index (Phi) is 9.91. The van der Waals surface area contributed by atoms with Gasteiger partial charge in [-0.15, -0.1) is 12.4 Å². The Morgan fingerprint density at radius 2 is 2.07 bits per heavy atom. The van der Waals surface area contributed by atoms with Gasteiger partial charge < -0.3 is 19.7 Å². The second-order valence-electron chi connectivity index (χ2n) is 6.96. The van der Waals surface area contributed by atoms with Gasteiger partial charge in [0.1, 0.15) is 12.4 Å². The molecule has 1 aliphatic heterocycles. The Morgan fingerprint density at radius 3 is 2.86 bits per heavy atom. The maximum Gasteiger partial charge on any atom is 0.254 e. The van der Waals surface area contributed by atoms with Crippen LogP contribution in [-0.2, 0) is 11.3 Å². The zero-order valence-electron chi connectivity index (χ0n) is 16.9. The quantitative estimate of drug-likeness (QED) is 0.665. The van der Waals surface area contributed by atoms with Crippen LogP contribution in [0.25, 0.3) is 0 Å². The smallest absolute Gasteiger partial charge is 0.254 e. The molecule has 0 saturated carbocycles. The van der Waals surface area contributed by atoms with E-state index in [1.165, 1.54) is 0 Å². The number of benzene rings is 1. The molecular weight excluding hydrogens is 390 g/mol. The molecule has 7 heteroatoms. The van der Waals surface area contributed by atoms with Gasteiger partial charge in [0.25, 0.3) is 5.91 Å². The Labute approximate surface area is 179 Å². The lowest BCUT2D eigenvalue weighted by Gasteiger charge is -2.31. The molecule has 1 aliphatic rings. The van der Waals surface area contributed by atoms with Crippen LogP contribution in [0.4, 0.5) is 0 Å². The molecule has 6 nitrogen and oxygen atoms in total. The zero-order valence-corrected chi connectivity index (χ0v) is 17.7. The van der Waals surface area contributed by atoms with E-state index in [0.717, 1.165) is 38.0 Å².